The number of ether oxygens (including phenoxy) is 1. The fraction of sp³-hybridized carbons (Fsp3) is 0.360. The largest absolute Gasteiger partial charge is 0.462 e. The first-order valence-corrected chi connectivity index (χ1v) is 12.0. The van der Waals surface area contributed by atoms with Crippen LogP contribution in [0.4, 0.5) is 5.00 Å². The van der Waals surface area contributed by atoms with Crippen molar-refractivity contribution in [3.63, 3.8) is 0 Å². The fourth-order valence-corrected chi connectivity index (χ4v) is 5.35. The van der Waals surface area contributed by atoms with E-state index < -0.39 is 5.97 Å². The highest BCUT2D eigenvalue weighted by atomic mass is 32.1. The van der Waals surface area contributed by atoms with Crippen molar-refractivity contribution >= 4 is 39.6 Å². The Balaban J connectivity index is 2.06. The number of benzene rings is 1. The summed E-state index contributed by atoms with van der Waals surface area (Å²) in [7, 11) is 0. The van der Waals surface area contributed by atoms with Crippen molar-refractivity contribution in [2.75, 3.05) is 11.9 Å². The molecule has 0 saturated heterocycles. The summed E-state index contributed by atoms with van der Waals surface area (Å²) in [5, 5.41) is 5.36. The second kappa shape index (κ2) is 8.97. The molecule has 164 valence electrons. The maximum Gasteiger partial charge on any atom is 0.341 e. The minimum Gasteiger partial charge on any atom is -0.462 e. The molecule has 31 heavy (non-hydrogen) atoms. The van der Waals surface area contributed by atoms with Gasteiger partial charge in [0, 0.05) is 20.7 Å². The molecule has 0 aliphatic carbocycles. The van der Waals surface area contributed by atoms with E-state index in [0.29, 0.717) is 16.1 Å². The van der Waals surface area contributed by atoms with Gasteiger partial charge in [-0.1, -0.05) is 45.0 Å². The van der Waals surface area contributed by atoms with Crippen LogP contribution in [0.2, 0.25) is 0 Å². The van der Waals surface area contributed by atoms with E-state index in [0.717, 1.165) is 26.4 Å². The summed E-state index contributed by atoms with van der Waals surface area (Å²) in [6, 6.07) is 8.26. The lowest BCUT2D eigenvalue weighted by Crippen LogP contribution is -2.15. The van der Waals surface area contributed by atoms with Gasteiger partial charge in [-0.2, -0.15) is 0 Å². The van der Waals surface area contributed by atoms with Gasteiger partial charge >= 0.3 is 5.97 Å². The molecule has 1 amide bonds. The number of aryl methyl sites for hydroxylation is 2. The zero-order valence-electron chi connectivity index (χ0n) is 19.1. The standard InChI is InChI=1S/C25H29NO3S2/c1-8-29-24(28)21-20(17-9-11-18(12-10-17)25(5,6)7)16(4)31-23(21)26-22(27)19-13-30-15(3)14(19)2/h9-13H,8H2,1-7H3,(H,26,27). The first kappa shape index (κ1) is 23.2. The van der Waals surface area contributed by atoms with Crippen molar-refractivity contribution in [2.45, 2.75) is 53.9 Å². The van der Waals surface area contributed by atoms with Gasteiger partial charge in [-0.3, -0.25) is 4.79 Å². The predicted octanol–water partition coefficient (Wildman–Crippen LogP) is 7.13. The lowest BCUT2D eigenvalue weighted by atomic mass is 9.86. The molecule has 4 nitrogen and oxygen atoms in total. The molecule has 0 fully saturated rings. The molecule has 3 rings (SSSR count). The van der Waals surface area contributed by atoms with Crippen molar-refractivity contribution in [3.05, 3.63) is 61.7 Å². The lowest BCUT2D eigenvalue weighted by Gasteiger charge is -2.19. The molecular weight excluding hydrogens is 426 g/mol. The molecule has 2 aromatic heterocycles. The monoisotopic (exact) mass is 455 g/mol. The van der Waals surface area contributed by atoms with Gasteiger partial charge in [-0.05, 0) is 49.8 Å². The number of thiophene rings is 2. The maximum atomic E-state index is 12.9. The first-order valence-electron chi connectivity index (χ1n) is 10.3. The smallest absolute Gasteiger partial charge is 0.341 e. The second-order valence-electron chi connectivity index (χ2n) is 8.57. The number of esters is 1. The second-order valence-corrected chi connectivity index (χ2v) is 10.9. The van der Waals surface area contributed by atoms with Gasteiger partial charge in [0.15, 0.2) is 0 Å². The van der Waals surface area contributed by atoms with Gasteiger partial charge in [0.05, 0.1) is 12.2 Å². The van der Waals surface area contributed by atoms with Crippen LogP contribution in [0.3, 0.4) is 0 Å². The van der Waals surface area contributed by atoms with E-state index in [1.54, 1.807) is 18.3 Å². The van der Waals surface area contributed by atoms with Crippen LogP contribution in [0.1, 0.15) is 69.3 Å². The molecule has 0 aliphatic heterocycles. The van der Waals surface area contributed by atoms with Gasteiger partial charge in [0.2, 0.25) is 0 Å². The van der Waals surface area contributed by atoms with Crippen LogP contribution in [0.25, 0.3) is 11.1 Å². The first-order chi connectivity index (χ1) is 14.5. The van der Waals surface area contributed by atoms with Gasteiger partial charge in [0.25, 0.3) is 5.91 Å². The molecule has 0 unspecified atom stereocenters. The number of carbonyl (C=O) groups excluding carboxylic acids is 2. The molecule has 1 aromatic carbocycles. The van der Waals surface area contributed by atoms with Gasteiger partial charge in [-0.25, -0.2) is 4.79 Å². The summed E-state index contributed by atoms with van der Waals surface area (Å²) in [5.74, 6) is -0.626. The number of carbonyl (C=O) groups is 2. The maximum absolute atomic E-state index is 12.9. The third-order valence-electron chi connectivity index (χ3n) is 5.36. The van der Waals surface area contributed by atoms with E-state index >= 15 is 0 Å². The average Bonchev–Trinajstić information content (AvgIpc) is 3.20. The number of amides is 1. The molecule has 0 spiro atoms. The summed E-state index contributed by atoms with van der Waals surface area (Å²) in [5.41, 5.74) is 5.04. The molecule has 0 saturated carbocycles. The predicted molar refractivity (Wildman–Crippen MR) is 131 cm³/mol. The Labute approximate surface area is 192 Å². The molecule has 6 heteroatoms. The van der Waals surface area contributed by atoms with Crippen LogP contribution in [0, 0.1) is 20.8 Å². The number of rotatable bonds is 5. The highest BCUT2D eigenvalue weighted by Gasteiger charge is 2.26. The molecule has 0 bridgehead atoms. The molecule has 1 N–H and O–H groups in total. The fourth-order valence-electron chi connectivity index (χ4n) is 3.42. The minimum absolute atomic E-state index is 0.0435. The highest BCUT2D eigenvalue weighted by Crippen LogP contribution is 2.41. The Morgan fingerprint density at radius 3 is 2.19 bits per heavy atom. The van der Waals surface area contributed by atoms with Gasteiger partial charge < -0.3 is 10.1 Å². The number of anilines is 1. The van der Waals surface area contributed by atoms with Crippen LogP contribution in [-0.4, -0.2) is 18.5 Å². The molecule has 0 atom stereocenters. The average molecular weight is 456 g/mol. The van der Waals surface area contributed by atoms with Gasteiger partial charge in [0.1, 0.15) is 10.6 Å². The Morgan fingerprint density at radius 2 is 1.68 bits per heavy atom. The zero-order valence-corrected chi connectivity index (χ0v) is 20.8. The van der Waals surface area contributed by atoms with Crippen molar-refractivity contribution in [3.8, 4) is 11.1 Å². The summed E-state index contributed by atoms with van der Waals surface area (Å²) >= 11 is 2.95. The van der Waals surface area contributed by atoms with Crippen LogP contribution in [0.5, 0.6) is 0 Å². The van der Waals surface area contributed by atoms with Crippen LogP contribution in [-0.2, 0) is 10.2 Å². The third kappa shape index (κ3) is 4.75. The topological polar surface area (TPSA) is 55.4 Å². The number of hydrogen-bond donors (Lipinski definition) is 1. The van der Waals surface area contributed by atoms with Crippen LogP contribution in [0.15, 0.2) is 29.6 Å². The quantitative estimate of drug-likeness (QED) is 0.416. The van der Waals surface area contributed by atoms with Crippen molar-refractivity contribution in [2.24, 2.45) is 0 Å². The van der Waals surface area contributed by atoms with Crippen molar-refractivity contribution in [1.82, 2.24) is 0 Å². The summed E-state index contributed by atoms with van der Waals surface area (Å²) in [6.07, 6.45) is 0. The van der Waals surface area contributed by atoms with E-state index in [2.05, 4.69) is 38.2 Å². The minimum atomic E-state index is -0.421. The van der Waals surface area contributed by atoms with Crippen molar-refractivity contribution in [1.29, 1.82) is 0 Å². The molecule has 2 heterocycles. The summed E-state index contributed by atoms with van der Waals surface area (Å²) < 4.78 is 5.36. The van der Waals surface area contributed by atoms with Crippen molar-refractivity contribution < 1.29 is 14.3 Å². The third-order valence-corrected chi connectivity index (χ3v) is 7.39. The summed E-state index contributed by atoms with van der Waals surface area (Å²) in [6.45, 7) is 14.5. The van der Waals surface area contributed by atoms with E-state index in [1.165, 1.54) is 16.9 Å². The van der Waals surface area contributed by atoms with E-state index in [1.807, 2.05) is 38.3 Å². The SMILES string of the molecule is CCOC(=O)c1c(NC(=O)c2csc(C)c2C)sc(C)c1-c1ccc(C(C)(C)C)cc1. The van der Waals surface area contributed by atoms with Gasteiger partial charge in [-0.15, -0.1) is 22.7 Å². The number of hydrogen-bond acceptors (Lipinski definition) is 5. The Hall–Kier alpha value is -2.44. The van der Waals surface area contributed by atoms with E-state index in [-0.39, 0.29) is 17.9 Å². The highest BCUT2D eigenvalue weighted by molar-refractivity contribution is 7.17. The molecule has 3 aromatic rings. The Bertz CT molecular complexity index is 1120. The van der Waals surface area contributed by atoms with Crippen LogP contribution >= 0.6 is 22.7 Å². The van der Waals surface area contributed by atoms with E-state index in [4.69, 9.17) is 4.74 Å². The molecule has 0 aliphatic rings. The molecular formula is C25H29NO3S2. The van der Waals surface area contributed by atoms with Crippen LogP contribution < -0.4 is 5.32 Å². The summed E-state index contributed by atoms with van der Waals surface area (Å²) in [4.78, 5) is 27.9. The van der Waals surface area contributed by atoms with E-state index in [9.17, 15) is 9.59 Å². The Kier molecular flexibility index (Phi) is 6.72. The Morgan fingerprint density at radius 1 is 1.03 bits per heavy atom. The number of nitrogens with one attached hydrogen (secondary N) is 1. The normalized spacial score (nSPS) is 11.5. The lowest BCUT2D eigenvalue weighted by molar-refractivity contribution is 0.0529. The molecule has 0 radical (unpaired) electrons. The zero-order chi connectivity index (χ0) is 22.9.